The fourth-order valence-corrected chi connectivity index (χ4v) is 1.88. The number of hydrogen-bond donors (Lipinski definition) is 1. The van der Waals surface area contributed by atoms with Gasteiger partial charge in [0.25, 0.3) is 0 Å². The van der Waals surface area contributed by atoms with Crippen LogP contribution in [-0.2, 0) is 6.42 Å². The molecule has 0 aliphatic carbocycles. The molecule has 2 aromatic rings. The van der Waals surface area contributed by atoms with E-state index in [1.165, 1.54) is 0 Å². The normalized spacial score (nSPS) is 12.7. The van der Waals surface area contributed by atoms with Gasteiger partial charge >= 0.3 is 0 Å². The first-order chi connectivity index (χ1) is 7.74. The summed E-state index contributed by atoms with van der Waals surface area (Å²) < 4.78 is 2.03. The molecule has 1 aromatic heterocycles. The highest BCUT2D eigenvalue weighted by Gasteiger charge is 2.10. The number of hydrogen-bond acceptors (Lipinski definition) is 2. The van der Waals surface area contributed by atoms with Gasteiger partial charge in [0.05, 0.1) is 11.8 Å². The Morgan fingerprint density at radius 3 is 2.81 bits per heavy atom. The summed E-state index contributed by atoms with van der Waals surface area (Å²) in [5, 5.41) is 9.73. The molecule has 0 amide bonds. The fraction of sp³-hybridized carbons (Fsp3) is 0.308. The second-order valence-corrected chi connectivity index (χ2v) is 3.80. The lowest BCUT2D eigenvalue weighted by molar-refractivity contribution is 0.199. The maximum Gasteiger partial charge on any atom is 0.112 e. The van der Waals surface area contributed by atoms with E-state index in [1.807, 2.05) is 35.0 Å². The SMILES string of the molecule is CCc1nccn1-c1ccccc1[C@H](C)O. The van der Waals surface area contributed by atoms with Crippen molar-refractivity contribution in [2.24, 2.45) is 0 Å². The fourth-order valence-electron chi connectivity index (χ4n) is 1.88. The van der Waals surface area contributed by atoms with Crippen LogP contribution < -0.4 is 0 Å². The number of para-hydroxylation sites is 1. The Hall–Kier alpha value is -1.61. The molecule has 1 atom stereocenters. The van der Waals surface area contributed by atoms with Crippen molar-refractivity contribution in [1.29, 1.82) is 0 Å². The molecule has 2 rings (SSSR count). The Kier molecular flexibility index (Phi) is 3.06. The molecule has 1 heterocycles. The van der Waals surface area contributed by atoms with Gasteiger partial charge in [0.1, 0.15) is 5.82 Å². The van der Waals surface area contributed by atoms with E-state index in [0.717, 1.165) is 23.5 Å². The first kappa shape index (κ1) is 10.9. The number of aliphatic hydroxyl groups excluding tert-OH is 1. The summed E-state index contributed by atoms with van der Waals surface area (Å²) in [5.74, 6) is 1.01. The number of benzene rings is 1. The maximum atomic E-state index is 9.73. The molecule has 16 heavy (non-hydrogen) atoms. The largest absolute Gasteiger partial charge is 0.389 e. The minimum absolute atomic E-state index is 0.469. The third-order valence-corrected chi connectivity index (χ3v) is 2.68. The van der Waals surface area contributed by atoms with E-state index >= 15 is 0 Å². The molecule has 0 spiro atoms. The van der Waals surface area contributed by atoms with Gasteiger partial charge in [0.15, 0.2) is 0 Å². The van der Waals surface area contributed by atoms with Gasteiger partial charge in [-0.1, -0.05) is 25.1 Å². The second kappa shape index (κ2) is 4.49. The highest BCUT2D eigenvalue weighted by atomic mass is 16.3. The van der Waals surface area contributed by atoms with Gasteiger partial charge < -0.3 is 9.67 Å². The quantitative estimate of drug-likeness (QED) is 0.856. The van der Waals surface area contributed by atoms with Gasteiger partial charge in [0, 0.05) is 24.4 Å². The topological polar surface area (TPSA) is 38.0 Å². The Labute approximate surface area is 95.4 Å². The Morgan fingerprint density at radius 1 is 1.38 bits per heavy atom. The summed E-state index contributed by atoms with van der Waals surface area (Å²) in [6.45, 7) is 3.85. The first-order valence-electron chi connectivity index (χ1n) is 5.53. The third kappa shape index (κ3) is 1.86. The van der Waals surface area contributed by atoms with Gasteiger partial charge in [-0.3, -0.25) is 0 Å². The molecule has 0 aliphatic rings. The van der Waals surface area contributed by atoms with Gasteiger partial charge in [0.2, 0.25) is 0 Å². The van der Waals surface area contributed by atoms with E-state index in [9.17, 15) is 5.11 Å². The molecule has 0 bridgehead atoms. The lowest BCUT2D eigenvalue weighted by Gasteiger charge is -2.14. The molecule has 0 saturated heterocycles. The molecule has 0 saturated carbocycles. The summed E-state index contributed by atoms with van der Waals surface area (Å²) in [7, 11) is 0. The van der Waals surface area contributed by atoms with E-state index in [2.05, 4.69) is 11.9 Å². The monoisotopic (exact) mass is 216 g/mol. The number of nitrogens with zero attached hydrogens (tertiary/aromatic N) is 2. The van der Waals surface area contributed by atoms with Crippen molar-refractivity contribution < 1.29 is 5.11 Å². The molecule has 0 fully saturated rings. The van der Waals surface area contributed by atoms with Crippen molar-refractivity contribution in [2.45, 2.75) is 26.4 Å². The molecule has 0 radical (unpaired) electrons. The average molecular weight is 216 g/mol. The third-order valence-electron chi connectivity index (χ3n) is 2.68. The number of imidazole rings is 1. The van der Waals surface area contributed by atoms with Crippen LogP contribution >= 0.6 is 0 Å². The molecule has 0 aliphatic heterocycles. The second-order valence-electron chi connectivity index (χ2n) is 3.80. The van der Waals surface area contributed by atoms with Gasteiger partial charge in [-0.15, -0.1) is 0 Å². The van der Waals surface area contributed by atoms with E-state index < -0.39 is 6.10 Å². The average Bonchev–Trinajstić information content (AvgIpc) is 2.76. The van der Waals surface area contributed by atoms with E-state index in [1.54, 1.807) is 13.1 Å². The van der Waals surface area contributed by atoms with Crippen LogP contribution in [-0.4, -0.2) is 14.7 Å². The molecule has 3 nitrogen and oxygen atoms in total. The van der Waals surface area contributed by atoms with Crippen molar-refractivity contribution in [3.8, 4) is 5.69 Å². The highest BCUT2D eigenvalue weighted by molar-refractivity contribution is 5.43. The van der Waals surface area contributed by atoms with Crippen LogP contribution in [0.2, 0.25) is 0 Å². The summed E-state index contributed by atoms with van der Waals surface area (Å²) >= 11 is 0. The zero-order valence-corrected chi connectivity index (χ0v) is 9.59. The van der Waals surface area contributed by atoms with Crippen molar-refractivity contribution in [3.63, 3.8) is 0 Å². The van der Waals surface area contributed by atoms with Crippen molar-refractivity contribution in [3.05, 3.63) is 48.0 Å². The lowest BCUT2D eigenvalue weighted by Crippen LogP contribution is -2.04. The van der Waals surface area contributed by atoms with E-state index in [4.69, 9.17) is 0 Å². The summed E-state index contributed by atoms with van der Waals surface area (Å²) in [6.07, 6.45) is 4.13. The zero-order valence-electron chi connectivity index (χ0n) is 9.59. The molecule has 0 unspecified atom stereocenters. The number of aryl methyl sites for hydroxylation is 1. The zero-order chi connectivity index (χ0) is 11.5. The molecule has 1 aromatic carbocycles. The van der Waals surface area contributed by atoms with Gasteiger partial charge in [-0.2, -0.15) is 0 Å². The number of aliphatic hydroxyl groups is 1. The van der Waals surface area contributed by atoms with Crippen molar-refractivity contribution in [1.82, 2.24) is 9.55 Å². The van der Waals surface area contributed by atoms with Crippen LogP contribution in [0, 0.1) is 0 Å². The molecule has 3 heteroatoms. The van der Waals surface area contributed by atoms with Crippen LogP contribution in [0.3, 0.4) is 0 Å². The van der Waals surface area contributed by atoms with Crippen LogP contribution in [0.4, 0.5) is 0 Å². The number of rotatable bonds is 3. The van der Waals surface area contributed by atoms with Gasteiger partial charge in [-0.05, 0) is 13.0 Å². The van der Waals surface area contributed by atoms with Crippen LogP contribution in [0.1, 0.15) is 31.3 Å². The molecule has 84 valence electrons. The number of aromatic nitrogens is 2. The van der Waals surface area contributed by atoms with Crippen molar-refractivity contribution in [2.75, 3.05) is 0 Å². The minimum atomic E-state index is -0.469. The standard InChI is InChI=1S/C13H16N2O/c1-3-13-14-8-9-15(13)12-7-5-4-6-11(12)10(2)16/h4-10,16H,3H2,1-2H3/t10-/m0/s1. The van der Waals surface area contributed by atoms with E-state index in [-0.39, 0.29) is 0 Å². The summed E-state index contributed by atoms with van der Waals surface area (Å²) in [4.78, 5) is 4.29. The molecular weight excluding hydrogens is 200 g/mol. The molecular formula is C13H16N2O. The smallest absolute Gasteiger partial charge is 0.112 e. The van der Waals surface area contributed by atoms with Gasteiger partial charge in [-0.25, -0.2) is 4.98 Å². The predicted molar refractivity (Wildman–Crippen MR) is 63.6 cm³/mol. The molecule has 1 N–H and O–H groups in total. The first-order valence-corrected chi connectivity index (χ1v) is 5.53. The predicted octanol–water partition coefficient (Wildman–Crippen LogP) is 2.49. The lowest BCUT2D eigenvalue weighted by atomic mass is 10.1. The van der Waals surface area contributed by atoms with Crippen LogP contribution in [0.25, 0.3) is 5.69 Å². The summed E-state index contributed by atoms with van der Waals surface area (Å²) in [5.41, 5.74) is 1.93. The van der Waals surface area contributed by atoms with Crippen LogP contribution in [0.5, 0.6) is 0 Å². The minimum Gasteiger partial charge on any atom is -0.389 e. The van der Waals surface area contributed by atoms with Crippen LogP contribution in [0.15, 0.2) is 36.7 Å². The highest BCUT2D eigenvalue weighted by Crippen LogP contribution is 2.22. The summed E-state index contributed by atoms with van der Waals surface area (Å²) in [6, 6.07) is 7.86. The van der Waals surface area contributed by atoms with Crippen molar-refractivity contribution >= 4 is 0 Å². The Morgan fingerprint density at radius 2 is 2.12 bits per heavy atom. The maximum absolute atomic E-state index is 9.73. The Balaban J connectivity index is 2.55. The van der Waals surface area contributed by atoms with E-state index in [0.29, 0.717) is 0 Å². The Bertz CT molecular complexity index is 474.